The van der Waals surface area contributed by atoms with Gasteiger partial charge < -0.3 is 25.2 Å². The number of amides is 1. The molecule has 28 heavy (non-hydrogen) atoms. The van der Waals surface area contributed by atoms with Crippen molar-refractivity contribution in [2.24, 2.45) is 5.92 Å². The van der Waals surface area contributed by atoms with Crippen molar-refractivity contribution >= 4 is 49.1 Å². The lowest BCUT2D eigenvalue weighted by Crippen LogP contribution is -2.41. The smallest absolute Gasteiger partial charge is 0.306 e. The highest BCUT2D eigenvalue weighted by Gasteiger charge is 2.24. The highest BCUT2D eigenvalue weighted by atomic mass is 35.5. The van der Waals surface area contributed by atoms with Crippen molar-refractivity contribution in [2.75, 3.05) is 39.3 Å². The minimum absolute atomic E-state index is 0. The van der Waals surface area contributed by atoms with Crippen LogP contribution in [0.1, 0.15) is 42.2 Å². The summed E-state index contributed by atoms with van der Waals surface area (Å²) in [6, 6.07) is 0.422. The summed E-state index contributed by atoms with van der Waals surface area (Å²) in [6.07, 6.45) is 7.08. The highest BCUT2D eigenvalue weighted by Crippen LogP contribution is 2.18. The van der Waals surface area contributed by atoms with E-state index in [0.29, 0.717) is 31.1 Å². The number of aliphatic carboxylic acids is 1. The second kappa shape index (κ2) is 13.2. The van der Waals surface area contributed by atoms with Crippen LogP contribution in [0.5, 0.6) is 0 Å². The lowest BCUT2D eigenvalue weighted by Gasteiger charge is -2.29. The summed E-state index contributed by atoms with van der Waals surface area (Å²) in [5.74, 6) is -1.06. The van der Waals surface area contributed by atoms with E-state index in [1.54, 1.807) is 6.33 Å². The molecule has 162 valence electrons. The summed E-state index contributed by atoms with van der Waals surface area (Å²) in [4.78, 5) is 29.6. The van der Waals surface area contributed by atoms with Gasteiger partial charge in [-0.15, -0.1) is 37.2 Å². The molecule has 3 rings (SSSR count). The van der Waals surface area contributed by atoms with Crippen LogP contribution in [0.2, 0.25) is 0 Å². The number of likely N-dealkylation sites (tertiary alicyclic amines) is 1. The van der Waals surface area contributed by atoms with E-state index in [-0.39, 0.29) is 49.0 Å². The lowest BCUT2D eigenvalue weighted by atomic mass is 9.97. The number of nitrogens with zero attached hydrogens (tertiary/aromatic N) is 3. The van der Waals surface area contributed by atoms with E-state index in [2.05, 4.69) is 20.5 Å². The Balaban J connectivity index is 0.00000243. The molecule has 2 aliphatic heterocycles. The first kappa shape index (κ1) is 26.9. The van der Waals surface area contributed by atoms with Crippen LogP contribution in [0, 0.1) is 5.92 Å². The van der Waals surface area contributed by atoms with Gasteiger partial charge in [-0.05, 0) is 51.9 Å². The van der Waals surface area contributed by atoms with Gasteiger partial charge in [0.25, 0.3) is 5.91 Å². The van der Waals surface area contributed by atoms with Gasteiger partial charge in [-0.3, -0.25) is 9.59 Å². The molecule has 0 aliphatic carbocycles. The van der Waals surface area contributed by atoms with Gasteiger partial charge in [0.05, 0.1) is 12.2 Å². The van der Waals surface area contributed by atoms with Crippen LogP contribution in [0.15, 0.2) is 12.5 Å². The van der Waals surface area contributed by atoms with Crippen LogP contribution in [-0.4, -0.2) is 70.7 Å². The highest BCUT2D eigenvalue weighted by molar-refractivity contribution is 5.92. The van der Waals surface area contributed by atoms with Crippen molar-refractivity contribution in [1.82, 2.24) is 25.1 Å². The number of halogens is 3. The van der Waals surface area contributed by atoms with Crippen molar-refractivity contribution in [2.45, 2.75) is 31.7 Å². The van der Waals surface area contributed by atoms with Gasteiger partial charge in [0, 0.05) is 25.3 Å². The van der Waals surface area contributed by atoms with Crippen LogP contribution >= 0.6 is 37.2 Å². The Morgan fingerprint density at radius 2 is 1.79 bits per heavy atom. The first-order valence-electron chi connectivity index (χ1n) is 9.11. The number of carboxylic acids is 1. The molecular formula is C17H30Cl3N5O3. The Hall–Kier alpha value is -1.06. The Morgan fingerprint density at radius 3 is 2.39 bits per heavy atom. The molecule has 1 aromatic rings. The summed E-state index contributed by atoms with van der Waals surface area (Å²) in [7, 11) is 0. The third-order valence-electron chi connectivity index (χ3n) is 5.21. The molecule has 3 heterocycles. The number of imidazole rings is 1. The molecule has 0 spiro atoms. The Labute approximate surface area is 184 Å². The zero-order valence-corrected chi connectivity index (χ0v) is 18.2. The molecule has 0 atom stereocenters. The largest absolute Gasteiger partial charge is 0.481 e. The fourth-order valence-electron chi connectivity index (χ4n) is 3.58. The summed E-state index contributed by atoms with van der Waals surface area (Å²) < 4.78 is 2.05. The number of nitrogens with one attached hydrogen (secondary N) is 2. The van der Waals surface area contributed by atoms with E-state index in [9.17, 15) is 9.59 Å². The molecule has 2 fully saturated rings. The fraction of sp³-hybridized carbons (Fsp3) is 0.706. The van der Waals surface area contributed by atoms with E-state index < -0.39 is 5.97 Å². The number of rotatable bonds is 6. The standard InChI is InChI=1S/C17H27N5O3.3ClH/c23-16(15-11-22(12-20-15)14-1-5-18-6-2-14)19-7-10-21-8-3-13(4-9-21)17(24)25;;;/h11-14,18H,1-10H2,(H,19,23)(H,24,25);3*1H. The lowest BCUT2D eigenvalue weighted by molar-refractivity contribution is -0.143. The Bertz CT molecular complexity index is 603. The molecule has 2 saturated heterocycles. The minimum atomic E-state index is -0.697. The van der Waals surface area contributed by atoms with E-state index in [1.165, 1.54) is 0 Å². The predicted octanol–water partition coefficient (Wildman–Crippen LogP) is 1.60. The second-order valence-corrected chi connectivity index (χ2v) is 6.90. The molecule has 0 unspecified atom stereocenters. The van der Waals surface area contributed by atoms with Crippen LogP contribution in [-0.2, 0) is 4.79 Å². The zero-order chi connectivity index (χ0) is 17.6. The van der Waals surface area contributed by atoms with Gasteiger partial charge in [-0.2, -0.15) is 0 Å². The third kappa shape index (κ3) is 7.40. The van der Waals surface area contributed by atoms with Crippen LogP contribution in [0.25, 0.3) is 0 Å². The molecule has 0 aromatic carbocycles. The number of piperidine rings is 2. The number of hydrogen-bond acceptors (Lipinski definition) is 5. The minimum Gasteiger partial charge on any atom is -0.481 e. The van der Waals surface area contributed by atoms with E-state index in [0.717, 1.165) is 45.6 Å². The fourth-order valence-corrected chi connectivity index (χ4v) is 3.58. The average molecular weight is 459 g/mol. The molecule has 0 saturated carbocycles. The maximum atomic E-state index is 12.2. The molecule has 0 radical (unpaired) electrons. The van der Waals surface area contributed by atoms with E-state index in [1.807, 2.05) is 10.8 Å². The van der Waals surface area contributed by atoms with Crippen LogP contribution in [0.4, 0.5) is 0 Å². The van der Waals surface area contributed by atoms with Crippen molar-refractivity contribution in [3.63, 3.8) is 0 Å². The van der Waals surface area contributed by atoms with Crippen molar-refractivity contribution in [3.8, 4) is 0 Å². The number of aromatic nitrogens is 2. The Kier molecular flexibility index (Phi) is 12.7. The molecule has 1 amide bonds. The zero-order valence-electron chi connectivity index (χ0n) is 15.7. The Morgan fingerprint density at radius 1 is 1.14 bits per heavy atom. The summed E-state index contributed by atoms with van der Waals surface area (Å²) in [5, 5.41) is 15.3. The molecule has 1 aromatic heterocycles. The molecule has 2 aliphatic rings. The normalized spacial score (nSPS) is 18.3. The predicted molar refractivity (Wildman–Crippen MR) is 114 cm³/mol. The summed E-state index contributed by atoms with van der Waals surface area (Å²) in [6.45, 7) is 4.85. The van der Waals surface area contributed by atoms with Crippen molar-refractivity contribution in [1.29, 1.82) is 0 Å². The van der Waals surface area contributed by atoms with Gasteiger partial charge in [0.15, 0.2) is 0 Å². The van der Waals surface area contributed by atoms with Crippen molar-refractivity contribution in [3.05, 3.63) is 18.2 Å². The SMILES string of the molecule is Cl.Cl.Cl.O=C(NCCN1CCC(C(=O)O)CC1)c1cn(C2CCNCC2)cn1. The third-order valence-corrected chi connectivity index (χ3v) is 5.21. The van der Waals surface area contributed by atoms with E-state index >= 15 is 0 Å². The van der Waals surface area contributed by atoms with Gasteiger partial charge >= 0.3 is 5.97 Å². The number of hydrogen-bond donors (Lipinski definition) is 3. The molecular weight excluding hydrogens is 429 g/mol. The first-order valence-corrected chi connectivity index (χ1v) is 9.11. The van der Waals surface area contributed by atoms with Gasteiger partial charge in [-0.25, -0.2) is 4.98 Å². The summed E-state index contributed by atoms with van der Waals surface area (Å²) >= 11 is 0. The average Bonchev–Trinajstić information content (AvgIpc) is 3.13. The van der Waals surface area contributed by atoms with Crippen molar-refractivity contribution < 1.29 is 14.7 Å². The van der Waals surface area contributed by atoms with Crippen LogP contribution in [0.3, 0.4) is 0 Å². The monoisotopic (exact) mass is 457 g/mol. The first-order chi connectivity index (χ1) is 12.1. The number of carbonyl (C=O) groups excluding carboxylic acids is 1. The van der Waals surface area contributed by atoms with Crippen LogP contribution < -0.4 is 10.6 Å². The number of carboxylic acid groups (broad SMARTS) is 1. The van der Waals surface area contributed by atoms with Gasteiger partial charge in [-0.1, -0.05) is 0 Å². The maximum absolute atomic E-state index is 12.2. The maximum Gasteiger partial charge on any atom is 0.306 e. The van der Waals surface area contributed by atoms with Gasteiger partial charge in [0.1, 0.15) is 5.69 Å². The molecule has 8 nitrogen and oxygen atoms in total. The molecule has 0 bridgehead atoms. The quantitative estimate of drug-likeness (QED) is 0.599. The summed E-state index contributed by atoms with van der Waals surface area (Å²) in [5.41, 5.74) is 0.461. The molecule has 11 heteroatoms. The number of carbonyl (C=O) groups is 2. The van der Waals surface area contributed by atoms with E-state index in [4.69, 9.17) is 5.11 Å². The second-order valence-electron chi connectivity index (χ2n) is 6.90. The topological polar surface area (TPSA) is 99.5 Å². The van der Waals surface area contributed by atoms with Gasteiger partial charge in [0.2, 0.25) is 0 Å². The molecule has 3 N–H and O–H groups in total.